The van der Waals surface area contributed by atoms with Gasteiger partial charge in [0.1, 0.15) is 5.82 Å². The first kappa shape index (κ1) is 11.9. The van der Waals surface area contributed by atoms with Crippen LogP contribution in [0, 0.1) is 0 Å². The van der Waals surface area contributed by atoms with E-state index >= 15 is 0 Å². The second-order valence-electron chi connectivity index (χ2n) is 4.63. The van der Waals surface area contributed by atoms with Crippen LogP contribution < -0.4 is 5.73 Å². The number of imidazole rings is 1. The van der Waals surface area contributed by atoms with Gasteiger partial charge in [-0.05, 0) is 30.5 Å². The van der Waals surface area contributed by atoms with Crippen molar-refractivity contribution in [3.63, 3.8) is 0 Å². The van der Waals surface area contributed by atoms with Crippen molar-refractivity contribution in [2.24, 2.45) is 5.73 Å². The van der Waals surface area contributed by atoms with Crippen LogP contribution in [0.25, 0.3) is 11.2 Å². The summed E-state index contributed by atoms with van der Waals surface area (Å²) in [7, 11) is 0. The molecule has 0 saturated heterocycles. The lowest BCUT2D eigenvalue weighted by Gasteiger charge is -2.08. The standard InChI is InChI=1S/C15H16N4/c16-12(9-8-11-5-2-1-3-6-11)14-18-13-7-4-10-17-15(13)19-14/h1-7,10,12H,8-9,16H2,(H,17,18,19). The molecule has 0 spiro atoms. The van der Waals surface area contributed by atoms with E-state index in [-0.39, 0.29) is 6.04 Å². The molecule has 1 atom stereocenters. The number of H-pyrrole nitrogens is 1. The summed E-state index contributed by atoms with van der Waals surface area (Å²) in [5, 5.41) is 0. The number of benzene rings is 1. The van der Waals surface area contributed by atoms with Crippen LogP contribution in [0.5, 0.6) is 0 Å². The highest BCUT2D eigenvalue weighted by atomic mass is 15.0. The first-order valence-corrected chi connectivity index (χ1v) is 6.43. The maximum Gasteiger partial charge on any atom is 0.177 e. The van der Waals surface area contributed by atoms with Gasteiger partial charge in [-0.3, -0.25) is 0 Å². The summed E-state index contributed by atoms with van der Waals surface area (Å²) in [5.41, 5.74) is 9.15. The molecule has 1 unspecified atom stereocenters. The molecule has 3 aromatic rings. The molecule has 19 heavy (non-hydrogen) atoms. The fraction of sp³-hybridized carbons (Fsp3) is 0.200. The Kier molecular flexibility index (Phi) is 3.25. The third-order valence-corrected chi connectivity index (χ3v) is 3.21. The summed E-state index contributed by atoms with van der Waals surface area (Å²) >= 11 is 0. The molecule has 4 nitrogen and oxygen atoms in total. The Morgan fingerprint density at radius 2 is 1.95 bits per heavy atom. The van der Waals surface area contributed by atoms with E-state index in [2.05, 4.69) is 27.1 Å². The van der Waals surface area contributed by atoms with E-state index in [1.165, 1.54) is 5.56 Å². The first-order valence-electron chi connectivity index (χ1n) is 6.43. The molecule has 0 aliphatic rings. The van der Waals surface area contributed by atoms with Gasteiger partial charge in [-0.25, -0.2) is 9.97 Å². The summed E-state index contributed by atoms with van der Waals surface area (Å²) < 4.78 is 0. The second-order valence-corrected chi connectivity index (χ2v) is 4.63. The van der Waals surface area contributed by atoms with E-state index in [4.69, 9.17) is 5.73 Å². The maximum atomic E-state index is 6.19. The predicted octanol–water partition coefficient (Wildman–Crippen LogP) is 2.59. The van der Waals surface area contributed by atoms with Crippen LogP contribution >= 0.6 is 0 Å². The van der Waals surface area contributed by atoms with E-state index in [1.807, 2.05) is 30.3 Å². The highest BCUT2D eigenvalue weighted by molar-refractivity contribution is 5.69. The SMILES string of the molecule is NC(CCc1ccccc1)c1nc2ncccc2[nH]1. The summed E-state index contributed by atoms with van der Waals surface area (Å²) in [6.45, 7) is 0. The van der Waals surface area contributed by atoms with Gasteiger partial charge in [0, 0.05) is 6.20 Å². The van der Waals surface area contributed by atoms with Gasteiger partial charge in [-0.1, -0.05) is 30.3 Å². The van der Waals surface area contributed by atoms with Gasteiger partial charge in [0.15, 0.2) is 5.65 Å². The monoisotopic (exact) mass is 252 g/mol. The molecule has 96 valence electrons. The minimum atomic E-state index is -0.0885. The highest BCUT2D eigenvalue weighted by Crippen LogP contribution is 2.17. The average Bonchev–Trinajstić information content (AvgIpc) is 2.90. The summed E-state index contributed by atoms with van der Waals surface area (Å²) in [6.07, 6.45) is 3.55. The molecule has 0 aliphatic heterocycles. The lowest BCUT2D eigenvalue weighted by Crippen LogP contribution is -2.13. The van der Waals surface area contributed by atoms with Gasteiger partial charge in [-0.2, -0.15) is 0 Å². The minimum absolute atomic E-state index is 0.0885. The average molecular weight is 252 g/mol. The van der Waals surface area contributed by atoms with Crippen LogP contribution in [0.1, 0.15) is 23.9 Å². The second kappa shape index (κ2) is 5.20. The number of hydrogen-bond donors (Lipinski definition) is 2. The molecule has 4 heteroatoms. The van der Waals surface area contributed by atoms with Crippen LogP contribution in [0.3, 0.4) is 0 Å². The number of nitrogens with two attached hydrogens (primary N) is 1. The molecule has 2 heterocycles. The molecule has 0 amide bonds. The van der Waals surface area contributed by atoms with Crippen molar-refractivity contribution in [2.75, 3.05) is 0 Å². The maximum absolute atomic E-state index is 6.19. The number of nitrogens with one attached hydrogen (secondary N) is 1. The largest absolute Gasteiger partial charge is 0.339 e. The van der Waals surface area contributed by atoms with Crippen molar-refractivity contribution in [1.29, 1.82) is 0 Å². The van der Waals surface area contributed by atoms with Crippen molar-refractivity contribution < 1.29 is 0 Å². The van der Waals surface area contributed by atoms with E-state index in [0.717, 1.165) is 29.8 Å². The van der Waals surface area contributed by atoms with E-state index in [1.54, 1.807) is 6.20 Å². The quantitative estimate of drug-likeness (QED) is 0.750. The summed E-state index contributed by atoms with van der Waals surface area (Å²) in [5.74, 6) is 0.810. The molecule has 2 aromatic heterocycles. The molecule has 0 fully saturated rings. The van der Waals surface area contributed by atoms with Crippen LogP contribution in [0.2, 0.25) is 0 Å². The first-order chi connectivity index (χ1) is 9.33. The molecular formula is C15H16N4. The zero-order chi connectivity index (χ0) is 13.1. The molecule has 0 bridgehead atoms. The number of aromatic nitrogens is 3. The Bertz CT molecular complexity index is 627. The third-order valence-electron chi connectivity index (χ3n) is 3.21. The van der Waals surface area contributed by atoms with Crippen molar-refractivity contribution in [3.8, 4) is 0 Å². The fourth-order valence-corrected chi connectivity index (χ4v) is 2.14. The normalized spacial score (nSPS) is 12.7. The Balaban J connectivity index is 1.71. The van der Waals surface area contributed by atoms with Crippen LogP contribution in [0.4, 0.5) is 0 Å². The molecule has 1 aromatic carbocycles. The van der Waals surface area contributed by atoms with Gasteiger partial charge in [0.2, 0.25) is 0 Å². The molecule has 3 rings (SSSR count). The van der Waals surface area contributed by atoms with Crippen molar-refractivity contribution >= 4 is 11.2 Å². The Morgan fingerprint density at radius 3 is 2.74 bits per heavy atom. The Hall–Kier alpha value is -2.20. The number of nitrogens with zero attached hydrogens (tertiary/aromatic N) is 2. The van der Waals surface area contributed by atoms with Crippen molar-refractivity contribution in [2.45, 2.75) is 18.9 Å². The third kappa shape index (κ3) is 2.63. The lowest BCUT2D eigenvalue weighted by atomic mass is 10.1. The van der Waals surface area contributed by atoms with E-state index in [0.29, 0.717) is 0 Å². The van der Waals surface area contributed by atoms with Gasteiger partial charge < -0.3 is 10.7 Å². The van der Waals surface area contributed by atoms with Gasteiger partial charge in [0.05, 0.1) is 11.6 Å². The summed E-state index contributed by atoms with van der Waals surface area (Å²) in [4.78, 5) is 11.9. The van der Waals surface area contributed by atoms with Gasteiger partial charge >= 0.3 is 0 Å². The smallest absolute Gasteiger partial charge is 0.177 e. The van der Waals surface area contributed by atoms with Gasteiger partial charge in [-0.15, -0.1) is 0 Å². The van der Waals surface area contributed by atoms with Crippen LogP contribution in [0.15, 0.2) is 48.7 Å². The highest BCUT2D eigenvalue weighted by Gasteiger charge is 2.11. The zero-order valence-electron chi connectivity index (χ0n) is 10.6. The lowest BCUT2D eigenvalue weighted by molar-refractivity contribution is 0.621. The van der Waals surface area contributed by atoms with Crippen molar-refractivity contribution in [1.82, 2.24) is 15.0 Å². The minimum Gasteiger partial charge on any atom is -0.339 e. The van der Waals surface area contributed by atoms with Crippen molar-refractivity contribution in [3.05, 3.63) is 60.0 Å². The van der Waals surface area contributed by atoms with E-state index in [9.17, 15) is 0 Å². The van der Waals surface area contributed by atoms with E-state index < -0.39 is 0 Å². The molecule has 0 saturated carbocycles. The number of fused-ring (bicyclic) bond motifs is 1. The number of aryl methyl sites for hydroxylation is 1. The van der Waals surface area contributed by atoms with Crippen LogP contribution in [-0.4, -0.2) is 15.0 Å². The van der Waals surface area contributed by atoms with Gasteiger partial charge in [0.25, 0.3) is 0 Å². The molecule has 0 aliphatic carbocycles. The zero-order valence-corrected chi connectivity index (χ0v) is 10.6. The number of rotatable bonds is 4. The fourth-order valence-electron chi connectivity index (χ4n) is 2.14. The number of hydrogen-bond acceptors (Lipinski definition) is 3. The molecule has 0 radical (unpaired) electrons. The topological polar surface area (TPSA) is 67.6 Å². The number of aromatic amines is 1. The predicted molar refractivity (Wildman–Crippen MR) is 75.6 cm³/mol. The molecule has 3 N–H and O–H groups in total. The van der Waals surface area contributed by atoms with Crippen LogP contribution in [-0.2, 0) is 6.42 Å². The number of pyridine rings is 1. The Labute approximate surface area is 111 Å². The summed E-state index contributed by atoms with van der Waals surface area (Å²) in [6, 6.07) is 14.1. The molecular weight excluding hydrogens is 236 g/mol. The Morgan fingerprint density at radius 1 is 1.11 bits per heavy atom.